The van der Waals surface area contributed by atoms with Gasteiger partial charge in [-0.05, 0) is 133 Å². The summed E-state index contributed by atoms with van der Waals surface area (Å²) >= 11 is 0. The number of hydrogen-bond acceptors (Lipinski definition) is 3. The Balaban J connectivity index is 2.03. The van der Waals surface area contributed by atoms with Gasteiger partial charge in [-0.25, -0.2) is 0 Å². The molecule has 2 unspecified atom stereocenters. The minimum atomic E-state index is -0.350. The van der Waals surface area contributed by atoms with Crippen LogP contribution < -0.4 is 0 Å². The van der Waals surface area contributed by atoms with Gasteiger partial charge >= 0.3 is 0 Å². The largest absolute Gasteiger partial charge is 0.422 e. The zero-order valence-corrected chi connectivity index (χ0v) is 51.5. The normalized spacial score (nSPS) is 13.7. The van der Waals surface area contributed by atoms with Gasteiger partial charge in [0.15, 0.2) is 5.58 Å². The molecule has 10 rings (SSSR count). The third-order valence-electron chi connectivity index (χ3n) is 14.8. The van der Waals surface area contributed by atoms with Crippen molar-refractivity contribution in [2.24, 2.45) is 0 Å². The predicted octanol–water partition coefficient (Wildman–Crippen LogP) is 22.1. The van der Waals surface area contributed by atoms with Crippen molar-refractivity contribution in [1.82, 2.24) is 0 Å². The highest BCUT2D eigenvalue weighted by Gasteiger charge is 2.36. The van der Waals surface area contributed by atoms with Gasteiger partial charge in [0.2, 0.25) is 17.3 Å². The molecule has 0 fully saturated rings. The molecule has 10 aromatic rings. The van der Waals surface area contributed by atoms with Crippen LogP contribution in [0.1, 0.15) is 211 Å². The highest BCUT2D eigenvalue weighted by molar-refractivity contribution is 7.25. The van der Waals surface area contributed by atoms with Gasteiger partial charge in [-0.3, -0.25) is 0 Å². The Kier molecular flexibility index (Phi) is 14.7. The quantitative estimate of drug-likeness (QED) is 0.176. The lowest BCUT2D eigenvalue weighted by molar-refractivity contribution is 0.568. The third kappa shape index (κ3) is 11.6. The highest BCUT2D eigenvalue weighted by atomic mass is 31.1. The van der Waals surface area contributed by atoms with E-state index < -0.39 is 0 Å². The maximum absolute atomic E-state index is 7.67. The molecule has 2 atom stereocenters. The van der Waals surface area contributed by atoms with E-state index in [-0.39, 0.29) is 60.7 Å². The molecule has 4 bridgehead atoms. The SMILES string of the molecule is CC(C)(C)c1ccc(-c2c(-c3ccc(C(C)(C)C)cc3C(C)(C)C)c3c(-c4ccc(C(C)(C)C)cc4C(C)(C)C)c(-c4ccc(C(C)(C)C)cc4C(C)(C)C)c2o[pH]o[pH]oc2ccc3cc2)c(C(C)(C)C)c1. The second-order valence-electron chi connectivity index (χ2n) is 29.2. The van der Waals surface area contributed by atoms with Crippen molar-refractivity contribution < 1.29 is 12.4 Å². The monoisotopic (exact) mass is 1020 g/mol. The van der Waals surface area contributed by atoms with Crippen LogP contribution in [0, 0.1) is 0 Å². The second-order valence-corrected chi connectivity index (χ2v) is 30.8. The summed E-state index contributed by atoms with van der Waals surface area (Å²) in [5.74, 6) is 0. The van der Waals surface area contributed by atoms with Crippen LogP contribution in [0.3, 0.4) is 0 Å². The van der Waals surface area contributed by atoms with Crippen LogP contribution in [-0.4, -0.2) is 0 Å². The molecule has 73 heavy (non-hydrogen) atoms. The van der Waals surface area contributed by atoms with Crippen LogP contribution in [0.15, 0.2) is 109 Å². The number of rotatable bonds is 4. The van der Waals surface area contributed by atoms with Crippen LogP contribution in [0.2, 0.25) is 0 Å². The molecule has 0 radical (unpaired) electrons. The van der Waals surface area contributed by atoms with Gasteiger partial charge in [-0.1, -0.05) is 251 Å². The fourth-order valence-electron chi connectivity index (χ4n) is 10.4. The lowest BCUT2D eigenvalue weighted by Gasteiger charge is -2.34. The molecule has 0 aliphatic carbocycles. The Morgan fingerprint density at radius 2 is 0.562 bits per heavy atom. The summed E-state index contributed by atoms with van der Waals surface area (Å²) in [7, 11) is -0.594. The van der Waals surface area contributed by atoms with E-state index in [1.54, 1.807) is 0 Å². The minimum absolute atomic E-state index is 0.0705. The molecule has 0 saturated carbocycles. The first-order chi connectivity index (χ1) is 33.3. The van der Waals surface area contributed by atoms with Crippen LogP contribution in [0.25, 0.3) is 66.4 Å². The van der Waals surface area contributed by atoms with Gasteiger partial charge in [-0.15, -0.1) is 0 Å². The summed E-state index contributed by atoms with van der Waals surface area (Å²) < 4.78 is 20.5. The van der Waals surface area contributed by atoms with Gasteiger partial charge < -0.3 is 12.4 Å². The van der Waals surface area contributed by atoms with Gasteiger partial charge in [0, 0.05) is 22.3 Å². The van der Waals surface area contributed by atoms with Crippen molar-refractivity contribution in [3.05, 3.63) is 142 Å². The summed E-state index contributed by atoms with van der Waals surface area (Å²) in [4.78, 5) is 0. The first kappa shape index (κ1) is 56.1. The summed E-state index contributed by atoms with van der Waals surface area (Å²) in [6.07, 6.45) is 0. The van der Waals surface area contributed by atoms with Crippen molar-refractivity contribution in [2.75, 3.05) is 0 Å². The zero-order chi connectivity index (χ0) is 54.4. The van der Waals surface area contributed by atoms with E-state index >= 15 is 0 Å². The Hall–Kier alpha value is -4.68. The van der Waals surface area contributed by atoms with E-state index in [0.717, 1.165) is 49.9 Å². The molecule has 6 aromatic carbocycles. The fourth-order valence-corrected chi connectivity index (χ4v) is 11.4. The van der Waals surface area contributed by atoms with Gasteiger partial charge in [0.25, 0.3) is 0 Å². The standard InChI is InChI=1S/C68H90O3P2/c1-61(2,3)42-27-33-47(51(37-42)65(13,14)15)56-55-41-25-31-46(32-26-41)69-72-71-73-70-60(58(56)49-35-29-44(63(7,8)9)39-53(49)67(19,20)21)59(50-36-30-45(64(10,11)12)40-54(50)68(22,23)24)57(55)48-34-28-43(62(4,5)6)38-52(48)66(16,17)18/h25-40,72-73H,1-24H3. The summed E-state index contributed by atoms with van der Waals surface area (Å²) in [5, 5.41) is 2.29. The number of benzene rings is 6. The van der Waals surface area contributed by atoms with Crippen molar-refractivity contribution in [3.63, 3.8) is 0 Å². The minimum Gasteiger partial charge on any atom is -0.422 e. The molecular formula is C68H90O3P2. The molecule has 0 aliphatic rings. The number of hydrogen-bond donors (Lipinski definition) is 0. The van der Waals surface area contributed by atoms with E-state index in [1.165, 1.54) is 61.0 Å². The Morgan fingerprint density at radius 1 is 0.288 bits per heavy atom. The molecule has 3 nitrogen and oxygen atoms in total. The first-order valence-electron chi connectivity index (χ1n) is 26.7. The lowest BCUT2D eigenvalue weighted by atomic mass is 9.69. The van der Waals surface area contributed by atoms with Crippen LogP contribution in [-0.2, 0) is 43.3 Å². The molecule has 0 amide bonds. The van der Waals surface area contributed by atoms with Crippen LogP contribution in [0.5, 0.6) is 0 Å². The van der Waals surface area contributed by atoms with E-state index in [9.17, 15) is 0 Å². The third-order valence-corrected chi connectivity index (χ3v) is 16.1. The molecule has 0 aliphatic heterocycles. The van der Waals surface area contributed by atoms with E-state index in [2.05, 4.69) is 263 Å². The topological polar surface area (TPSA) is 39.4 Å². The van der Waals surface area contributed by atoms with Gasteiger partial charge in [0.1, 0.15) is 5.58 Å². The molecule has 0 saturated heterocycles. The predicted molar refractivity (Wildman–Crippen MR) is 324 cm³/mol. The van der Waals surface area contributed by atoms with Crippen molar-refractivity contribution >= 4 is 39.3 Å². The average Bonchev–Trinajstić information content (AvgIpc) is 3.28. The second kappa shape index (κ2) is 19.2. The van der Waals surface area contributed by atoms with Crippen LogP contribution in [0.4, 0.5) is 0 Å². The van der Waals surface area contributed by atoms with E-state index in [0.29, 0.717) is 0 Å². The first-order valence-corrected chi connectivity index (χ1v) is 28.4. The highest BCUT2D eigenvalue weighted by Crippen LogP contribution is 2.57. The van der Waals surface area contributed by atoms with Crippen molar-refractivity contribution in [3.8, 4) is 44.5 Å². The van der Waals surface area contributed by atoms with Crippen LogP contribution >= 0.6 is 17.3 Å². The van der Waals surface area contributed by atoms with E-state index in [1.807, 2.05) is 0 Å². The summed E-state index contributed by atoms with van der Waals surface area (Å²) in [6.45, 7) is 56.4. The van der Waals surface area contributed by atoms with Gasteiger partial charge in [-0.2, -0.15) is 0 Å². The molecular weight excluding hydrogens is 927 g/mol. The lowest BCUT2D eigenvalue weighted by Crippen LogP contribution is -2.20. The van der Waals surface area contributed by atoms with Gasteiger partial charge in [0.05, 0.1) is 0 Å². The Labute approximate surface area is 445 Å². The average molecular weight is 1020 g/mol. The molecule has 0 N–H and O–H groups in total. The fraction of sp³-hybridized carbons (Fsp3) is 0.471. The maximum atomic E-state index is 7.67. The zero-order valence-electron chi connectivity index (χ0n) is 49.5. The summed E-state index contributed by atoms with van der Waals surface area (Å²) in [5.41, 5.74) is 19.9. The molecule has 0 spiro atoms. The smallest absolute Gasteiger partial charge is 0.207 e. The molecule has 4 aromatic heterocycles. The summed E-state index contributed by atoms with van der Waals surface area (Å²) in [6, 6.07) is 38.1. The molecule has 390 valence electrons. The van der Waals surface area contributed by atoms with Crippen molar-refractivity contribution in [1.29, 1.82) is 0 Å². The van der Waals surface area contributed by atoms with E-state index in [4.69, 9.17) is 12.4 Å². The Morgan fingerprint density at radius 3 is 0.836 bits per heavy atom. The molecule has 5 heteroatoms. The Bertz CT molecular complexity index is 3090. The maximum Gasteiger partial charge on any atom is 0.207 e. The van der Waals surface area contributed by atoms with Crippen molar-refractivity contribution in [2.45, 2.75) is 209 Å². The molecule has 4 heterocycles.